The lowest BCUT2D eigenvalue weighted by atomic mass is 9.82. The minimum absolute atomic E-state index is 0.0328. The van der Waals surface area contributed by atoms with E-state index >= 15 is 0 Å². The van der Waals surface area contributed by atoms with Gasteiger partial charge in [0.1, 0.15) is 23.4 Å². The predicted molar refractivity (Wildman–Crippen MR) is 113 cm³/mol. The first-order valence-electron chi connectivity index (χ1n) is 10.2. The zero-order chi connectivity index (χ0) is 23.4. The molecule has 0 aliphatic carbocycles. The second-order valence-corrected chi connectivity index (χ2v) is 8.15. The molecule has 0 radical (unpaired) electrons. The van der Waals surface area contributed by atoms with Crippen molar-refractivity contribution in [2.45, 2.75) is 31.0 Å². The van der Waals surface area contributed by atoms with Gasteiger partial charge in [-0.3, -0.25) is 4.79 Å². The molecule has 6 N–H and O–H groups in total. The van der Waals surface area contributed by atoms with E-state index in [-0.39, 0.29) is 53.1 Å². The van der Waals surface area contributed by atoms with E-state index in [1.54, 1.807) is 6.07 Å². The number of hydrogen-bond acceptors (Lipinski definition) is 9. The van der Waals surface area contributed by atoms with E-state index in [1.165, 1.54) is 36.4 Å². The van der Waals surface area contributed by atoms with Crippen LogP contribution in [0.3, 0.4) is 0 Å². The van der Waals surface area contributed by atoms with Gasteiger partial charge in [0.05, 0.1) is 12.5 Å². The second kappa shape index (κ2) is 7.49. The van der Waals surface area contributed by atoms with Crippen molar-refractivity contribution < 1.29 is 44.9 Å². The largest absolute Gasteiger partial charge is 0.507 e. The SMILES string of the molecule is O=C1C[C@@H](c2ccc(O)c(O)c2)c2c(O)cc3c(c2O1)C[C@H](O)[C@H](c1ccc(O)c(O)c1)O3. The fourth-order valence-electron chi connectivity index (χ4n) is 4.44. The Morgan fingerprint density at radius 1 is 0.758 bits per heavy atom. The van der Waals surface area contributed by atoms with E-state index in [0.29, 0.717) is 22.3 Å². The molecule has 0 saturated carbocycles. The van der Waals surface area contributed by atoms with Crippen molar-refractivity contribution >= 4 is 5.97 Å². The van der Waals surface area contributed by atoms with Crippen LogP contribution in [0.1, 0.15) is 40.7 Å². The van der Waals surface area contributed by atoms with Gasteiger partial charge in [-0.1, -0.05) is 12.1 Å². The third-order valence-electron chi connectivity index (χ3n) is 6.04. The Morgan fingerprint density at radius 2 is 1.39 bits per heavy atom. The summed E-state index contributed by atoms with van der Waals surface area (Å²) in [6.07, 6.45) is -2.04. The highest BCUT2D eigenvalue weighted by Crippen LogP contribution is 2.52. The minimum Gasteiger partial charge on any atom is -0.507 e. The number of ether oxygens (including phenoxy) is 2. The summed E-state index contributed by atoms with van der Waals surface area (Å²) in [5.74, 6) is -2.46. The molecule has 0 unspecified atom stereocenters. The molecule has 0 fully saturated rings. The molecule has 3 atom stereocenters. The van der Waals surface area contributed by atoms with E-state index in [1.807, 2.05) is 0 Å². The van der Waals surface area contributed by atoms with Gasteiger partial charge in [-0.25, -0.2) is 0 Å². The molecular formula is C24H20O9. The number of carbonyl (C=O) groups is 1. The summed E-state index contributed by atoms with van der Waals surface area (Å²) in [7, 11) is 0. The number of phenols is 5. The highest BCUT2D eigenvalue weighted by atomic mass is 16.5. The molecule has 3 aromatic rings. The first kappa shape index (κ1) is 20.8. The normalized spacial score (nSPS) is 21.5. The topological polar surface area (TPSA) is 157 Å². The highest BCUT2D eigenvalue weighted by molar-refractivity contribution is 5.80. The number of carbonyl (C=O) groups excluding carboxylic acids is 1. The van der Waals surface area contributed by atoms with Gasteiger partial charge < -0.3 is 40.1 Å². The number of phenolic OH excluding ortho intramolecular Hbond substituents is 5. The Bertz CT molecular complexity index is 1280. The lowest BCUT2D eigenvalue weighted by molar-refractivity contribution is -0.135. The quantitative estimate of drug-likeness (QED) is 0.195. The van der Waals surface area contributed by atoms with Crippen LogP contribution in [0, 0.1) is 0 Å². The van der Waals surface area contributed by atoms with Crippen molar-refractivity contribution in [2.24, 2.45) is 0 Å². The van der Waals surface area contributed by atoms with Crippen LogP contribution in [0.15, 0.2) is 42.5 Å². The molecule has 0 saturated heterocycles. The van der Waals surface area contributed by atoms with Crippen LogP contribution >= 0.6 is 0 Å². The number of fused-ring (bicyclic) bond motifs is 3. The summed E-state index contributed by atoms with van der Waals surface area (Å²) >= 11 is 0. The molecule has 170 valence electrons. The van der Waals surface area contributed by atoms with E-state index < -0.39 is 24.1 Å². The summed E-state index contributed by atoms with van der Waals surface area (Å²) in [4.78, 5) is 12.4. The molecule has 2 aliphatic rings. The van der Waals surface area contributed by atoms with E-state index in [2.05, 4.69) is 0 Å². The minimum atomic E-state index is -1.08. The molecule has 0 aromatic heterocycles. The fraction of sp³-hybridized carbons (Fsp3) is 0.208. The molecule has 5 rings (SSSR count). The molecule has 0 amide bonds. The lowest BCUT2D eigenvalue weighted by Gasteiger charge is -2.35. The fourth-order valence-corrected chi connectivity index (χ4v) is 4.44. The molecular weight excluding hydrogens is 432 g/mol. The maximum Gasteiger partial charge on any atom is 0.312 e. The smallest absolute Gasteiger partial charge is 0.312 e. The van der Waals surface area contributed by atoms with Crippen LogP contribution in [0.5, 0.6) is 40.2 Å². The summed E-state index contributed by atoms with van der Waals surface area (Å²) < 4.78 is 11.4. The summed E-state index contributed by atoms with van der Waals surface area (Å²) in [5, 5.41) is 60.5. The van der Waals surface area contributed by atoms with E-state index in [0.717, 1.165) is 0 Å². The van der Waals surface area contributed by atoms with Crippen LogP contribution in [0.2, 0.25) is 0 Å². The molecule has 0 spiro atoms. The van der Waals surface area contributed by atoms with Crippen molar-refractivity contribution in [3.8, 4) is 40.2 Å². The number of aromatic hydroxyl groups is 5. The Labute approximate surface area is 187 Å². The van der Waals surface area contributed by atoms with Crippen LogP contribution in [0.25, 0.3) is 0 Å². The van der Waals surface area contributed by atoms with Gasteiger partial charge in [0, 0.05) is 29.5 Å². The Morgan fingerprint density at radius 3 is 2.06 bits per heavy atom. The average molecular weight is 452 g/mol. The first-order valence-corrected chi connectivity index (χ1v) is 10.2. The van der Waals surface area contributed by atoms with E-state index in [4.69, 9.17) is 9.47 Å². The van der Waals surface area contributed by atoms with Gasteiger partial charge in [0.15, 0.2) is 23.0 Å². The summed E-state index contributed by atoms with van der Waals surface area (Å²) in [5.41, 5.74) is 1.62. The van der Waals surface area contributed by atoms with Gasteiger partial charge in [-0.2, -0.15) is 0 Å². The summed E-state index contributed by atoms with van der Waals surface area (Å²) in [6, 6.07) is 9.59. The van der Waals surface area contributed by atoms with Gasteiger partial charge in [-0.15, -0.1) is 0 Å². The van der Waals surface area contributed by atoms with Crippen molar-refractivity contribution in [3.63, 3.8) is 0 Å². The monoisotopic (exact) mass is 452 g/mol. The van der Waals surface area contributed by atoms with Gasteiger partial charge >= 0.3 is 5.97 Å². The lowest BCUT2D eigenvalue weighted by Crippen LogP contribution is -2.32. The first-order chi connectivity index (χ1) is 15.7. The van der Waals surface area contributed by atoms with Gasteiger partial charge in [0.25, 0.3) is 0 Å². The number of aliphatic hydroxyl groups is 1. The summed E-state index contributed by atoms with van der Waals surface area (Å²) in [6.45, 7) is 0. The maximum atomic E-state index is 12.4. The van der Waals surface area contributed by atoms with Crippen LogP contribution in [-0.4, -0.2) is 42.7 Å². The third-order valence-corrected chi connectivity index (χ3v) is 6.04. The Balaban J connectivity index is 1.59. The third kappa shape index (κ3) is 3.42. The zero-order valence-corrected chi connectivity index (χ0v) is 17.1. The average Bonchev–Trinajstić information content (AvgIpc) is 2.77. The molecule has 2 heterocycles. The molecule has 2 aliphatic heterocycles. The molecule has 33 heavy (non-hydrogen) atoms. The van der Waals surface area contributed by atoms with Crippen molar-refractivity contribution in [1.82, 2.24) is 0 Å². The number of benzene rings is 3. The molecule has 0 bridgehead atoms. The van der Waals surface area contributed by atoms with E-state index in [9.17, 15) is 35.4 Å². The second-order valence-electron chi connectivity index (χ2n) is 8.15. The van der Waals surface area contributed by atoms with Crippen LogP contribution < -0.4 is 9.47 Å². The van der Waals surface area contributed by atoms with Gasteiger partial charge in [0.2, 0.25) is 0 Å². The Hall–Kier alpha value is -4.11. The molecule has 9 nitrogen and oxygen atoms in total. The van der Waals surface area contributed by atoms with Crippen molar-refractivity contribution in [1.29, 1.82) is 0 Å². The van der Waals surface area contributed by atoms with Crippen molar-refractivity contribution in [3.05, 3.63) is 64.7 Å². The van der Waals surface area contributed by atoms with Crippen LogP contribution in [0.4, 0.5) is 0 Å². The standard InChI is InChI=1S/C24H20O9/c25-14-3-1-10(5-16(14)27)12-8-21(31)33-24-13-7-19(30)23(11-2-4-15(26)17(28)6-11)32-20(13)9-18(29)22(12)24/h1-6,9,12,19,23,25-30H,7-8H2/t12-,19-,23-/m0/s1. The van der Waals surface area contributed by atoms with Crippen molar-refractivity contribution in [2.75, 3.05) is 0 Å². The number of hydrogen-bond donors (Lipinski definition) is 6. The highest BCUT2D eigenvalue weighted by Gasteiger charge is 2.39. The zero-order valence-electron chi connectivity index (χ0n) is 17.1. The Kier molecular flexibility index (Phi) is 4.71. The maximum absolute atomic E-state index is 12.4. The molecule has 9 heteroatoms. The van der Waals surface area contributed by atoms with Gasteiger partial charge in [-0.05, 0) is 35.4 Å². The predicted octanol–water partition coefficient (Wildman–Crippen LogP) is 2.69. The number of rotatable bonds is 2. The van der Waals surface area contributed by atoms with Crippen LogP contribution in [-0.2, 0) is 11.2 Å². The number of esters is 1. The number of aliphatic hydroxyl groups excluding tert-OH is 1. The molecule has 3 aromatic carbocycles.